The number of hydrogen-bond acceptors (Lipinski definition) is 2. The molecule has 1 aromatic heterocycles. The summed E-state index contributed by atoms with van der Waals surface area (Å²) in [6.07, 6.45) is 6.23. The molecule has 0 radical (unpaired) electrons. The lowest BCUT2D eigenvalue weighted by atomic mass is 10.00. The standard InChI is InChI=1S/C18H21N3O/c1-2-15-7-5-6-10-21(15)18(22)13-20-12-14(11-19)16-8-3-4-9-17(16)20/h3-4,8-9,12,15H,2,5-7,10,13H2,1H3. The van der Waals surface area contributed by atoms with E-state index in [4.69, 9.17) is 0 Å². The van der Waals surface area contributed by atoms with Crippen molar-refractivity contribution in [3.63, 3.8) is 0 Å². The van der Waals surface area contributed by atoms with Gasteiger partial charge in [0.2, 0.25) is 5.91 Å². The van der Waals surface area contributed by atoms with Gasteiger partial charge in [-0.1, -0.05) is 25.1 Å². The maximum atomic E-state index is 12.7. The molecule has 2 heterocycles. The number of nitrogens with zero attached hydrogens (tertiary/aromatic N) is 3. The molecular formula is C18H21N3O. The first-order valence-corrected chi connectivity index (χ1v) is 8.02. The van der Waals surface area contributed by atoms with Crippen LogP contribution in [0.4, 0.5) is 0 Å². The molecule has 0 aliphatic carbocycles. The van der Waals surface area contributed by atoms with Crippen LogP contribution in [0.25, 0.3) is 10.9 Å². The van der Waals surface area contributed by atoms with Gasteiger partial charge in [0.15, 0.2) is 0 Å². The second-order valence-corrected chi connectivity index (χ2v) is 5.94. The maximum absolute atomic E-state index is 12.7. The Labute approximate surface area is 130 Å². The number of carbonyl (C=O) groups is 1. The van der Waals surface area contributed by atoms with E-state index in [1.54, 1.807) is 6.20 Å². The van der Waals surface area contributed by atoms with E-state index in [1.165, 1.54) is 6.42 Å². The predicted octanol–water partition coefficient (Wildman–Crippen LogP) is 3.30. The fourth-order valence-electron chi connectivity index (χ4n) is 3.46. The van der Waals surface area contributed by atoms with Crippen LogP contribution in [0.1, 0.15) is 38.2 Å². The Balaban J connectivity index is 1.87. The van der Waals surface area contributed by atoms with E-state index < -0.39 is 0 Å². The third-order valence-electron chi connectivity index (χ3n) is 4.63. The van der Waals surface area contributed by atoms with Crippen molar-refractivity contribution in [2.75, 3.05) is 6.54 Å². The number of benzene rings is 1. The highest BCUT2D eigenvalue weighted by Crippen LogP contribution is 2.23. The van der Waals surface area contributed by atoms with E-state index in [1.807, 2.05) is 33.7 Å². The SMILES string of the molecule is CCC1CCCCN1C(=O)Cn1cc(C#N)c2ccccc21. The van der Waals surface area contributed by atoms with Gasteiger partial charge in [0.05, 0.1) is 5.56 Å². The summed E-state index contributed by atoms with van der Waals surface area (Å²) >= 11 is 0. The van der Waals surface area contributed by atoms with Crippen molar-refractivity contribution in [2.45, 2.75) is 45.2 Å². The van der Waals surface area contributed by atoms with Crippen molar-refractivity contribution in [2.24, 2.45) is 0 Å². The summed E-state index contributed by atoms with van der Waals surface area (Å²) in [5, 5.41) is 10.2. The second-order valence-electron chi connectivity index (χ2n) is 5.94. The molecule has 0 N–H and O–H groups in total. The lowest BCUT2D eigenvalue weighted by molar-refractivity contribution is -0.135. The van der Waals surface area contributed by atoms with Crippen molar-refractivity contribution in [1.29, 1.82) is 5.26 Å². The fraction of sp³-hybridized carbons (Fsp3) is 0.444. The normalized spacial score (nSPS) is 18.4. The molecule has 1 aromatic carbocycles. The minimum atomic E-state index is 0.164. The van der Waals surface area contributed by atoms with E-state index in [-0.39, 0.29) is 5.91 Å². The quantitative estimate of drug-likeness (QED) is 0.872. The molecule has 1 fully saturated rings. The number of aromatic nitrogens is 1. The van der Waals surface area contributed by atoms with Crippen LogP contribution in [0, 0.1) is 11.3 Å². The van der Waals surface area contributed by atoms with E-state index in [9.17, 15) is 10.1 Å². The first-order valence-electron chi connectivity index (χ1n) is 8.02. The maximum Gasteiger partial charge on any atom is 0.242 e. The van der Waals surface area contributed by atoms with E-state index in [2.05, 4.69) is 13.0 Å². The molecule has 0 saturated carbocycles. The zero-order chi connectivity index (χ0) is 15.5. The summed E-state index contributed by atoms with van der Waals surface area (Å²) < 4.78 is 1.91. The highest BCUT2D eigenvalue weighted by atomic mass is 16.2. The summed E-state index contributed by atoms with van der Waals surface area (Å²) in [7, 11) is 0. The highest BCUT2D eigenvalue weighted by molar-refractivity contribution is 5.88. The van der Waals surface area contributed by atoms with Crippen LogP contribution in [0.5, 0.6) is 0 Å². The van der Waals surface area contributed by atoms with Crippen molar-refractivity contribution in [3.8, 4) is 6.07 Å². The second kappa shape index (κ2) is 6.23. The van der Waals surface area contributed by atoms with Gasteiger partial charge in [0.1, 0.15) is 12.6 Å². The third kappa shape index (κ3) is 2.59. The molecule has 22 heavy (non-hydrogen) atoms. The molecule has 1 saturated heterocycles. The molecule has 0 spiro atoms. The van der Waals surface area contributed by atoms with Gasteiger partial charge >= 0.3 is 0 Å². The zero-order valence-corrected chi connectivity index (χ0v) is 13.0. The van der Waals surface area contributed by atoms with Crippen LogP contribution < -0.4 is 0 Å². The van der Waals surface area contributed by atoms with Gasteiger partial charge in [-0.25, -0.2) is 0 Å². The van der Waals surface area contributed by atoms with Crippen LogP contribution in [-0.2, 0) is 11.3 Å². The van der Waals surface area contributed by atoms with Gasteiger partial charge in [-0.3, -0.25) is 4.79 Å². The number of fused-ring (bicyclic) bond motifs is 1. The highest BCUT2D eigenvalue weighted by Gasteiger charge is 2.25. The lowest BCUT2D eigenvalue weighted by Crippen LogP contribution is -2.44. The summed E-state index contributed by atoms with van der Waals surface area (Å²) in [5.41, 5.74) is 1.59. The summed E-state index contributed by atoms with van der Waals surface area (Å²) in [5.74, 6) is 0.164. The summed E-state index contributed by atoms with van der Waals surface area (Å²) in [6.45, 7) is 3.33. The number of carbonyl (C=O) groups excluding carboxylic acids is 1. The van der Waals surface area contributed by atoms with Crippen molar-refractivity contribution in [3.05, 3.63) is 36.0 Å². The van der Waals surface area contributed by atoms with Crippen molar-refractivity contribution in [1.82, 2.24) is 9.47 Å². The average Bonchev–Trinajstić information content (AvgIpc) is 2.93. The summed E-state index contributed by atoms with van der Waals surface area (Å²) in [4.78, 5) is 14.7. The monoisotopic (exact) mass is 295 g/mol. The predicted molar refractivity (Wildman–Crippen MR) is 86.3 cm³/mol. The molecule has 0 bridgehead atoms. The van der Waals surface area contributed by atoms with Gasteiger partial charge in [-0.05, 0) is 31.7 Å². The van der Waals surface area contributed by atoms with Crippen LogP contribution in [0.3, 0.4) is 0 Å². The largest absolute Gasteiger partial charge is 0.338 e. The van der Waals surface area contributed by atoms with Gasteiger partial charge in [0.25, 0.3) is 0 Å². The number of nitriles is 1. The smallest absolute Gasteiger partial charge is 0.242 e. The number of rotatable bonds is 3. The molecule has 114 valence electrons. The Kier molecular flexibility index (Phi) is 4.15. The number of likely N-dealkylation sites (tertiary alicyclic amines) is 1. The van der Waals surface area contributed by atoms with E-state index in [0.717, 1.165) is 36.7 Å². The average molecular weight is 295 g/mol. The van der Waals surface area contributed by atoms with E-state index in [0.29, 0.717) is 18.2 Å². The topological polar surface area (TPSA) is 49.0 Å². The Morgan fingerprint density at radius 2 is 2.18 bits per heavy atom. The van der Waals surface area contributed by atoms with Crippen LogP contribution in [0.15, 0.2) is 30.5 Å². The van der Waals surface area contributed by atoms with E-state index >= 15 is 0 Å². The Bertz CT molecular complexity index is 725. The van der Waals surface area contributed by atoms with Crippen LogP contribution in [0.2, 0.25) is 0 Å². The fourth-order valence-corrected chi connectivity index (χ4v) is 3.46. The number of para-hydroxylation sites is 1. The molecule has 1 unspecified atom stereocenters. The lowest BCUT2D eigenvalue weighted by Gasteiger charge is -2.35. The molecular weight excluding hydrogens is 274 g/mol. The van der Waals surface area contributed by atoms with Gasteiger partial charge < -0.3 is 9.47 Å². The molecule has 1 amide bonds. The molecule has 3 rings (SSSR count). The molecule has 2 aromatic rings. The molecule has 4 nitrogen and oxygen atoms in total. The molecule has 1 aliphatic rings. The zero-order valence-electron chi connectivity index (χ0n) is 13.0. The van der Waals surface area contributed by atoms with Crippen molar-refractivity contribution >= 4 is 16.8 Å². The molecule has 1 atom stereocenters. The third-order valence-corrected chi connectivity index (χ3v) is 4.63. The Morgan fingerprint density at radius 3 is 2.95 bits per heavy atom. The Hall–Kier alpha value is -2.28. The number of piperidine rings is 1. The van der Waals surface area contributed by atoms with Gasteiger partial charge in [0, 0.05) is 29.7 Å². The number of hydrogen-bond donors (Lipinski definition) is 0. The Morgan fingerprint density at radius 1 is 1.36 bits per heavy atom. The first kappa shape index (κ1) is 14.6. The minimum Gasteiger partial charge on any atom is -0.338 e. The van der Waals surface area contributed by atoms with Crippen molar-refractivity contribution < 1.29 is 4.79 Å². The molecule has 1 aliphatic heterocycles. The molecule has 4 heteroatoms. The minimum absolute atomic E-state index is 0.164. The van der Waals surface area contributed by atoms with Gasteiger partial charge in [-0.15, -0.1) is 0 Å². The van der Waals surface area contributed by atoms with Crippen LogP contribution in [-0.4, -0.2) is 28.0 Å². The number of amides is 1. The summed E-state index contributed by atoms with van der Waals surface area (Å²) in [6, 6.07) is 10.4. The van der Waals surface area contributed by atoms with Crippen LogP contribution >= 0.6 is 0 Å². The first-order chi connectivity index (χ1) is 10.7. The van der Waals surface area contributed by atoms with Gasteiger partial charge in [-0.2, -0.15) is 5.26 Å².